The molecule has 0 aliphatic carbocycles. The van der Waals surface area contributed by atoms with Crippen molar-refractivity contribution in [1.82, 2.24) is 14.5 Å². The van der Waals surface area contributed by atoms with Crippen LogP contribution in [0.25, 0.3) is 68.0 Å². The molecule has 0 radical (unpaired) electrons. The van der Waals surface area contributed by atoms with Crippen molar-refractivity contribution in [3.05, 3.63) is 91.4 Å². The van der Waals surface area contributed by atoms with E-state index in [1.54, 1.807) is 17.7 Å². The van der Waals surface area contributed by atoms with E-state index >= 15 is 0 Å². The molecule has 5 heteroatoms. The van der Waals surface area contributed by atoms with E-state index in [4.69, 9.17) is 0 Å². The quantitative estimate of drug-likeness (QED) is 0.248. The molecule has 0 unspecified atom stereocenters. The lowest BCUT2D eigenvalue weighted by Gasteiger charge is -2.09. The van der Waals surface area contributed by atoms with Crippen molar-refractivity contribution in [2.45, 2.75) is 0 Å². The predicted molar refractivity (Wildman–Crippen MR) is 142 cm³/mol. The lowest BCUT2D eigenvalue weighted by atomic mass is 10.1. The Morgan fingerprint density at radius 1 is 0.606 bits per heavy atom. The molecule has 0 aliphatic rings. The van der Waals surface area contributed by atoms with Crippen molar-refractivity contribution in [3.63, 3.8) is 0 Å². The van der Waals surface area contributed by atoms with Gasteiger partial charge in [-0.1, -0.05) is 54.6 Å². The maximum Gasteiger partial charge on any atom is 0.127 e. The Balaban J connectivity index is 1.59. The highest BCUT2D eigenvalue weighted by Gasteiger charge is 2.19. The highest BCUT2D eigenvalue weighted by molar-refractivity contribution is 7.26. The van der Waals surface area contributed by atoms with Gasteiger partial charge in [-0.15, -0.1) is 22.7 Å². The Hall–Kier alpha value is -3.80. The number of hydrogen-bond acceptors (Lipinski definition) is 4. The molecule has 8 rings (SSSR count). The van der Waals surface area contributed by atoms with Gasteiger partial charge in [-0.2, -0.15) is 0 Å². The molecule has 4 aromatic carbocycles. The van der Waals surface area contributed by atoms with Crippen molar-refractivity contribution in [2.24, 2.45) is 0 Å². The molecule has 8 aromatic rings. The molecule has 3 nitrogen and oxygen atoms in total. The highest BCUT2D eigenvalue weighted by atomic mass is 32.1. The molecular formula is C28H15N3S2. The van der Waals surface area contributed by atoms with Gasteiger partial charge in [-0.3, -0.25) is 0 Å². The van der Waals surface area contributed by atoms with E-state index in [0.717, 1.165) is 10.2 Å². The Morgan fingerprint density at radius 3 is 2.39 bits per heavy atom. The minimum Gasteiger partial charge on any atom is -0.308 e. The molecular weight excluding hydrogens is 442 g/mol. The van der Waals surface area contributed by atoms with Crippen LogP contribution in [0.4, 0.5) is 0 Å². The van der Waals surface area contributed by atoms with Gasteiger partial charge in [0.1, 0.15) is 11.2 Å². The second kappa shape index (κ2) is 6.38. The van der Waals surface area contributed by atoms with Gasteiger partial charge in [-0.25, -0.2) is 9.97 Å². The van der Waals surface area contributed by atoms with Crippen molar-refractivity contribution in [2.75, 3.05) is 0 Å². The van der Waals surface area contributed by atoms with Gasteiger partial charge in [0.2, 0.25) is 0 Å². The van der Waals surface area contributed by atoms with Crippen LogP contribution in [0.5, 0.6) is 0 Å². The normalized spacial score (nSPS) is 12.2. The number of aromatic nitrogens is 3. The monoisotopic (exact) mass is 457 g/mol. The van der Waals surface area contributed by atoms with Crippen LogP contribution in [0.3, 0.4) is 0 Å². The molecule has 0 N–H and O–H groups in total. The van der Waals surface area contributed by atoms with Crippen LogP contribution in [0.15, 0.2) is 91.4 Å². The number of rotatable bonds is 1. The molecule has 0 bridgehead atoms. The molecule has 4 heterocycles. The lowest BCUT2D eigenvalue weighted by molar-refractivity contribution is 1.20. The fourth-order valence-electron chi connectivity index (χ4n) is 5.20. The summed E-state index contributed by atoms with van der Waals surface area (Å²) in [5.74, 6) is 0. The van der Waals surface area contributed by atoms with Crippen molar-refractivity contribution < 1.29 is 0 Å². The molecule has 0 amide bonds. The smallest absolute Gasteiger partial charge is 0.127 e. The first-order valence-electron chi connectivity index (χ1n) is 10.8. The first-order chi connectivity index (χ1) is 16.4. The second-order valence-electron chi connectivity index (χ2n) is 8.28. The van der Waals surface area contributed by atoms with Crippen molar-refractivity contribution in [3.8, 4) is 5.69 Å². The van der Waals surface area contributed by atoms with Gasteiger partial charge in [-0.05, 0) is 24.3 Å². The summed E-state index contributed by atoms with van der Waals surface area (Å²) in [6.07, 6.45) is 3.57. The van der Waals surface area contributed by atoms with Crippen LogP contribution in [0.2, 0.25) is 0 Å². The third-order valence-corrected chi connectivity index (χ3v) is 8.94. The van der Waals surface area contributed by atoms with Crippen molar-refractivity contribution >= 4 is 85.0 Å². The topological polar surface area (TPSA) is 30.7 Å². The molecule has 0 saturated heterocycles. The Labute approximate surface area is 196 Å². The van der Waals surface area contributed by atoms with E-state index in [0.29, 0.717) is 0 Å². The third kappa shape index (κ3) is 2.28. The average Bonchev–Trinajstić information content (AvgIpc) is 3.53. The Kier molecular flexibility index (Phi) is 3.42. The summed E-state index contributed by atoms with van der Waals surface area (Å²) in [4.78, 5) is 9.85. The average molecular weight is 458 g/mol. The van der Waals surface area contributed by atoms with E-state index in [2.05, 4.69) is 93.4 Å². The van der Waals surface area contributed by atoms with E-state index in [1.165, 1.54) is 57.8 Å². The molecule has 4 aromatic heterocycles. The van der Waals surface area contributed by atoms with Gasteiger partial charge in [0.25, 0.3) is 0 Å². The maximum atomic E-state index is 4.54. The largest absolute Gasteiger partial charge is 0.308 e. The minimum atomic E-state index is 1.04. The van der Waals surface area contributed by atoms with E-state index in [9.17, 15) is 0 Å². The maximum absolute atomic E-state index is 4.54. The van der Waals surface area contributed by atoms with Gasteiger partial charge < -0.3 is 4.57 Å². The predicted octanol–water partition coefficient (Wildman–Crippen LogP) is 8.31. The van der Waals surface area contributed by atoms with Gasteiger partial charge >= 0.3 is 0 Å². The molecule has 154 valence electrons. The molecule has 0 saturated carbocycles. The summed E-state index contributed by atoms with van der Waals surface area (Å²) in [5, 5.41) is 7.57. The fourth-order valence-corrected chi connectivity index (χ4v) is 7.57. The summed E-state index contributed by atoms with van der Waals surface area (Å²) in [7, 11) is 0. The number of nitrogens with zero attached hydrogens (tertiary/aromatic N) is 3. The number of para-hydroxylation sites is 1. The minimum absolute atomic E-state index is 1.04. The summed E-state index contributed by atoms with van der Waals surface area (Å²) in [6.45, 7) is 0. The molecule has 33 heavy (non-hydrogen) atoms. The Morgan fingerprint density at radius 2 is 1.42 bits per heavy atom. The summed E-state index contributed by atoms with van der Waals surface area (Å²) in [6, 6.07) is 28.6. The number of fused-ring (bicyclic) bond motifs is 10. The van der Waals surface area contributed by atoms with Gasteiger partial charge in [0, 0.05) is 47.9 Å². The van der Waals surface area contributed by atoms with Crippen molar-refractivity contribution in [1.29, 1.82) is 0 Å². The number of benzene rings is 4. The van der Waals surface area contributed by atoms with E-state index in [-0.39, 0.29) is 0 Å². The lowest BCUT2D eigenvalue weighted by Crippen LogP contribution is -1.93. The SMILES string of the molecule is c1ccc2c(c1)sc1c(-n3c4ccccc4c4c5sc6ncncc6c5ccc43)cccc12. The van der Waals surface area contributed by atoms with Gasteiger partial charge in [0.05, 0.1) is 21.4 Å². The number of thiophene rings is 2. The fraction of sp³-hybridized carbons (Fsp3) is 0. The standard InChI is InChI=1S/C28H15N3S2/c1-3-9-21-19(7-1)25-22(13-12-18-20-14-29-15-30-28(20)33-27(18)25)31(21)23-10-5-8-17-16-6-2-4-11-24(16)32-26(17)23/h1-15H. The van der Waals surface area contributed by atoms with Crippen LogP contribution in [0.1, 0.15) is 0 Å². The molecule has 0 aliphatic heterocycles. The zero-order valence-corrected chi connectivity index (χ0v) is 19.0. The third-order valence-electron chi connectivity index (χ3n) is 6.58. The number of hydrogen-bond donors (Lipinski definition) is 0. The van der Waals surface area contributed by atoms with E-state index < -0.39 is 0 Å². The Bertz CT molecular complexity index is 2040. The van der Waals surface area contributed by atoms with Crippen LogP contribution in [0, 0.1) is 0 Å². The first kappa shape index (κ1) is 17.7. The molecule has 0 atom stereocenters. The van der Waals surface area contributed by atoms with Crippen LogP contribution in [-0.4, -0.2) is 14.5 Å². The first-order valence-corrected chi connectivity index (χ1v) is 12.5. The molecule has 0 spiro atoms. The zero-order valence-electron chi connectivity index (χ0n) is 17.3. The summed E-state index contributed by atoms with van der Waals surface area (Å²) >= 11 is 3.63. The van der Waals surface area contributed by atoms with Crippen LogP contribution >= 0.6 is 22.7 Å². The summed E-state index contributed by atoms with van der Waals surface area (Å²) in [5.41, 5.74) is 3.70. The zero-order chi connectivity index (χ0) is 21.5. The van der Waals surface area contributed by atoms with Crippen LogP contribution < -0.4 is 0 Å². The van der Waals surface area contributed by atoms with Crippen LogP contribution in [-0.2, 0) is 0 Å². The van der Waals surface area contributed by atoms with Gasteiger partial charge in [0.15, 0.2) is 0 Å². The summed E-state index contributed by atoms with van der Waals surface area (Å²) < 4.78 is 6.37. The highest BCUT2D eigenvalue weighted by Crippen LogP contribution is 2.44. The van der Waals surface area contributed by atoms with E-state index in [1.807, 2.05) is 17.5 Å². The molecule has 0 fully saturated rings. The second-order valence-corrected chi connectivity index (χ2v) is 10.3.